The average Bonchev–Trinajstić information content (AvgIpc) is 3.07. The molecule has 0 radical (unpaired) electrons. The summed E-state index contributed by atoms with van der Waals surface area (Å²) in [6, 6.07) is 11.5. The second-order valence-electron chi connectivity index (χ2n) is 5.93. The molecule has 4 aromatic rings. The molecule has 26 heavy (non-hydrogen) atoms. The maximum Gasteiger partial charge on any atom is 0.236 e. The first kappa shape index (κ1) is 16.5. The lowest BCUT2D eigenvalue weighted by Crippen LogP contribution is -2.08. The summed E-state index contributed by atoms with van der Waals surface area (Å²) in [5, 5.41) is 3.47. The van der Waals surface area contributed by atoms with Crippen LogP contribution in [0.5, 0.6) is 0 Å². The molecule has 5 nitrogen and oxygen atoms in total. The van der Waals surface area contributed by atoms with Gasteiger partial charge in [-0.15, -0.1) is 0 Å². The molecule has 7 heteroatoms. The van der Waals surface area contributed by atoms with Gasteiger partial charge in [0.15, 0.2) is 5.65 Å². The highest BCUT2D eigenvalue weighted by atomic mass is 35.5. The second kappa shape index (κ2) is 6.72. The van der Waals surface area contributed by atoms with E-state index in [4.69, 9.17) is 11.6 Å². The molecule has 4 rings (SSSR count). The number of benzene rings is 1. The van der Waals surface area contributed by atoms with E-state index in [0.29, 0.717) is 22.0 Å². The number of nitrogens with zero attached hydrogens (tertiary/aromatic N) is 3. The summed E-state index contributed by atoms with van der Waals surface area (Å²) in [5.41, 5.74) is 4.09. The molecule has 0 amide bonds. The normalized spacial score (nSPS) is 12.3. The van der Waals surface area contributed by atoms with Gasteiger partial charge >= 0.3 is 0 Å². The molecule has 3 aromatic heterocycles. The van der Waals surface area contributed by atoms with Gasteiger partial charge in [-0.25, -0.2) is 15.0 Å². The minimum Gasteiger partial charge on any atom is -0.375 e. The van der Waals surface area contributed by atoms with E-state index in [9.17, 15) is 4.39 Å². The van der Waals surface area contributed by atoms with Crippen LogP contribution < -0.4 is 5.32 Å². The third-order valence-corrected chi connectivity index (χ3v) is 4.36. The smallest absolute Gasteiger partial charge is 0.236 e. The standard InChI is InChI=1S/C19H15ClFN5/c1-11(12-5-3-2-4-6-12)25-15-7-13(8-22-18(15)21)14-9-23-19-17(14)26-16(20)10-24-19/h2-11,25H,1H3,(H,23,24)/t11-/m0/s1. The third-order valence-electron chi connectivity index (χ3n) is 4.17. The Hall–Kier alpha value is -2.99. The highest BCUT2D eigenvalue weighted by Crippen LogP contribution is 2.30. The van der Waals surface area contributed by atoms with E-state index >= 15 is 0 Å². The molecule has 0 aliphatic carbocycles. The van der Waals surface area contributed by atoms with E-state index in [-0.39, 0.29) is 6.04 Å². The molecule has 0 spiro atoms. The average molecular weight is 368 g/mol. The summed E-state index contributed by atoms with van der Waals surface area (Å²) in [7, 11) is 0. The summed E-state index contributed by atoms with van der Waals surface area (Å²) in [4.78, 5) is 15.4. The summed E-state index contributed by atoms with van der Waals surface area (Å²) < 4.78 is 14.2. The highest BCUT2D eigenvalue weighted by Gasteiger charge is 2.14. The number of pyridine rings is 1. The van der Waals surface area contributed by atoms with Crippen molar-refractivity contribution in [3.63, 3.8) is 0 Å². The van der Waals surface area contributed by atoms with Gasteiger partial charge in [-0.1, -0.05) is 41.9 Å². The maximum absolute atomic E-state index is 14.2. The van der Waals surface area contributed by atoms with E-state index in [1.807, 2.05) is 37.3 Å². The number of anilines is 1. The number of nitrogens with one attached hydrogen (secondary N) is 2. The van der Waals surface area contributed by atoms with Gasteiger partial charge in [0.05, 0.1) is 11.9 Å². The van der Waals surface area contributed by atoms with Crippen LogP contribution in [-0.4, -0.2) is 19.9 Å². The SMILES string of the molecule is C[C@H](Nc1cc(-c2c[nH]c3ncc(Cl)nc23)cnc1F)c1ccccc1. The number of hydrogen-bond donors (Lipinski definition) is 2. The minimum atomic E-state index is -0.555. The third kappa shape index (κ3) is 3.11. The van der Waals surface area contributed by atoms with Crippen molar-refractivity contribution in [3.05, 3.63) is 71.7 Å². The highest BCUT2D eigenvalue weighted by molar-refractivity contribution is 6.29. The fourth-order valence-electron chi connectivity index (χ4n) is 2.84. The van der Waals surface area contributed by atoms with Crippen molar-refractivity contribution in [3.8, 4) is 11.1 Å². The van der Waals surface area contributed by atoms with Crippen molar-refractivity contribution < 1.29 is 4.39 Å². The lowest BCUT2D eigenvalue weighted by atomic mass is 10.1. The molecule has 0 saturated heterocycles. The van der Waals surface area contributed by atoms with Gasteiger partial charge in [-0.3, -0.25) is 0 Å². The lowest BCUT2D eigenvalue weighted by molar-refractivity contribution is 0.585. The van der Waals surface area contributed by atoms with E-state index in [2.05, 4.69) is 25.3 Å². The zero-order valence-corrected chi connectivity index (χ0v) is 14.6. The van der Waals surface area contributed by atoms with Gasteiger partial charge in [0.2, 0.25) is 5.95 Å². The Morgan fingerprint density at radius 2 is 1.96 bits per heavy atom. The van der Waals surface area contributed by atoms with Crippen LogP contribution in [0.15, 0.2) is 55.0 Å². The van der Waals surface area contributed by atoms with E-state index in [0.717, 1.165) is 16.7 Å². The molecular formula is C19H15ClFN5. The van der Waals surface area contributed by atoms with Gasteiger partial charge < -0.3 is 10.3 Å². The zero-order chi connectivity index (χ0) is 18.1. The van der Waals surface area contributed by atoms with Crippen LogP contribution in [0, 0.1) is 5.95 Å². The molecule has 0 aliphatic rings. The van der Waals surface area contributed by atoms with Crippen LogP contribution in [0.2, 0.25) is 5.15 Å². The van der Waals surface area contributed by atoms with Crippen LogP contribution in [0.4, 0.5) is 10.1 Å². The Labute approximate surface area is 154 Å². The van der Waals surface area contributed by atoms with Crippen molar-refractivity contribution in [2.45, 2.75) is 13.0 Å². The molecule has 0 saturated carbocycles. The first-order valence-electron chi connectivity index (χ1n) is 8.09. The number of hydrogen-bond acceptors (Lipinski definition) is 4. The Balaban J connectivity index is 1.71. The summed E-state index contributed by atoms with van der Waals surface area (Å²) >= 11 is 5.95. The largest absolute Gasteiger partial charge is 0.375 e. The lowest BCUT2D eigenvalue weighted by Gasteiger charge is -2.16. The van der Waals surface area contributed by atoms with Gasteiger partial charge in [0, 0.05) is 29.6 Å². The Morgan fingerprint density at radius 3 is 2.77 bits per heavy atom. The number of aromatic amines is 1. The molecule has 2 N–H and O–H groups in total. The van der Waals surface area contributed by atoms with Crippen LogP contribution in [0.25, 0.3) is 22.3 Å². The molecule has 0 bridgehead atoms. The van der Waals surface area contributed by atoms with Crippen LogP contribution in [-0.2, 0) is 0 Å². The monoisotopic (exact) mass is 367 g/mol. The first-order chi connectivity index (χ1) is 12.6. The van der Waals surface area contributed by atoms with Crippen molar-refractivity contribution in [1.82, 2.24) is 19.9 Å². The molecule has 1 atom stereocenters. The molecular weight excluding hydrogens is 353 g/mol. The predicted molar refractivity (Wildman–Crippen MR) is 101 cm³/mol. The molecule has 1 aromatic carbocycles. The van der Waals surface area contributed by atoms with Gasteiger partial charge in [0.25, 0.3) is 0 Å². The quantitative estimate of drug-likeness (QED) is 0.499. The van der Waals surface area contributed by atoms with Crippen molar-refractivity contribution in [2.24, 2.45) is 0 Å². The van der Waals surface area contributed by atoms with Crippen LogP contribution in [0.1, 0.15) is 18.5 Å². The fourth-order valence-corrected chi connectivity index (χ4v) is 2.98. The van der Waals surface area contributed by atoms with Crippen molar-refractivity contribution >= 4 is 28.5 Å². The number of rotatable bonds is 4. The first-order valence-corrected chi connectivity index (χ1v) is 8.46. The number of fused-ring (bicyclic) bond motifs is 1. The molecule has 3 heterocycles. The van der Waals surface area contributed by atoms with Crippen molar-refractivity contribution in [1.29, 1.82) is 0 Å². The second-order valence-corrected chi connectivity index (χ2v) is 6.32. The zero-order valence-electron chi connectivity index (χ0n) is 13.9. The Morgan fingerprint density at radius 1 is 1.15 bits per heavy atom. The number of aromatic nitrogens is 4. The van der Waals surface area contributed by atoms with E-state index in [1.165, 1.54) is 12.4 Å². The Bertz CT molecular complexity index is 1060. The molecule has 130 valence electrons. The summed E-state index contributed by atoms with van der Waals surface area (Å²) in [6.45, 7) is 1.97. The number of halogens is 2. The van der Waals surface area contributed by atoms with Gasteiger partial charge in [-0.2, -0.15) is 4.39 Å². The Kier molecular flexibility index (Phi) is 4.26. The molecule has 0 unspecified atom stereocenters. The van der Waals surface area contributed by atoms with Gasteiger partial charge in [0.1, 0.15) is 10.7 Å². The van der Waals surface area contributed by atoms with Gasteiger partial charge in [-0.05, 0) is 18.6 Å². The number of H-pyrrole nitrogens is 1. The fraction of sp³-hybridized carbons (Fsp3) is 0.105. The van der Waals surface area contributed by atoms with E-state index in [1.54, 1.807) is 12.3 Å². The summed E-state index contributed by atoms with van der Waals surface area (Å²) in [5.74, 6) is -0.555. The maximum atomic E-state index is 14.2. The topological polar surface area (TPSA) is 66.5 Å². The molecule has 0 fully saturated rings. The molecule has 0 aliphatic heterocycles. The minimum absolute atomic E-state index is 0.0695. The van der Waals surface area contributed by atoms with Crippen LogP contribution >= 0.6 is 11.6 Å². The summed E-state index contributed by atoms with van der Waals surface area (Å²) in [6.07, 6.45) is 4.71. The van der Waals surface area contributed by atoms with Crippen molar-refractivity contribution in [2.75, 3.05) is 5.32 Å². The van der Waals surface area contributed by atoms with E-state index < -0.39 is 5.95 Å². The predicted octanol–water partition coefficient (Wildman–Crippen LogP) is 4.99. The van der Waals surface area contributed by atoms with Crippen LogP contribution in [0.3, 0.4) is 0 Å².